The van der Waals surface area contributed by atoms with Crippen LogP contribution in [0.25, 0.3) is 0 Å². The van der Waals surface area contributed by atoms with Gasteiger partial charge in [0, 0.05) is 5.38 Å². The van der Waals surface area contributed by atoms with Crippen molar-refractivity contribution in [3.63, 3.8) is 0 Å². The molecule has 22 heavy (non-hydrogen) atoms. The third-order valence-electron chi connectivity index (χ3n) is 3.41. The third kappa shape index (κ3) is 2.55. The first-order valence-corrected chi connectivity index (χ1v) is 6.54. The molecule has 0 aromatic carbocycles. The van der Waals surface area contributed by atoms with Crippen LogP contribution >= 0.6 is 11.6 Å². The quantitative estimate of drug-likeness (QED) is 0.473. The Morgan fingerprint density at radius 1 is 1.64 bits per heavy atom. The first-order chi connectivity index (χ1) is 10.2. The number of ether oxygens (including phenoxy) is 1. The number of nitrogens with two attached hydrogens (primary N) is 1. The van der Waals surface area contributed by atoms with Gasteiger partial charge in [-0.3, -0.25) is 14.3 Å². The van der Waals surface area contributed by atoms with Crippen molar-refractivity contribution in [3.8, 4) is 11.3 Å². The summed E-state index contributed by atoms with van der Waals surface area (Å²) in [6, 6.07) is 0. The lowest BCUT2D eigenvalue weighted by Crippen LogP contribution is -2.55. The Bertz CT molecular complexity index is 752. The van der Waals surface area contributed by atoms with E-state index >= 15 is 0 Å². The minimum absolute atomic E-state index is 0.584. The summed E-state index contributed by atoms with van der Waals surface area (Å²) in [5, 5.41) is 21.8. The summed E-state index contributed by atoms with van der Waals surface area (Å²) in [7, 11) is 0. The maximum absolute atomic E-state index is 13.4. The second-order valence-corrected chi connectivity index (χ2v) is 5.12. The highest BCUT2D eigenvalue weighted by Gasteiger charge is 2.56. The largest absolute Gasteiger partial charge is 0.391 e. The van der Waals surface area contributed by atoms with Crippen molar-refractivity contribution < 1.29 is 19.3 Å². The van der Waals surface area contributed by atoms with E-state index < -0.39 is 47.1 Å². The molecule has 0 aliphatic carbocycles. The Hall–Kier alpha value is -1.70. The number of aliphatic hydroxyl groups excluding tert-OH is 2. The van der Waals surface area contributed by atoms with E-state index in [-0.39, 0.29) is 0 Å². The number of hydrogen-bond acceptors (Lipinski definition) is 6. The maximum atomic E-state index is 13.4. The highest BCUT2D eigenvalue weighted by atomic mass is 35.5. The highest BCUT2D eigenvalue weighted by Crippen LogP contribution is 2.37. The number of nitrogens with zero attached hydrogens (tertiary/aromatic N) is 1. The molecular weight excluding hydrogens is 321 g/mol. The van der Waals surface area contributed by atoms with Gasteiger partial charge in [0.2, 0.25) is 5.82 Å². The predicted molar refractivity (Wildman–Crippen MR) is 73.4 cm³/mol. The van der Waals surface area contributed by atoms with E-state index in [2.05, 4.69) is 5.92 Å². The average molecular weight is 334 g/mol. The zero-order valence-electron chi connectivity index (χ0n) is 11.3. The summed E-state index contributed by atoms with van der Waals surface area (Å²) in [6.07, 6.45) is -4.73. The van der Waals surface area contributed by atoms with E-state index in [9.17, 15) is 24.2 Å². The zero-order chi connectivity index (χ0) is 16.7. The van der Waals surface area contributed by atoms with Crippen molar-refractivity contribution in [2.45, 2.75) is 37.0 Å². The van der Waals surface area contributed by atoms with Gasteiger partial charge in [-0.15, -0.1) is 0 Å². The molecule has 1 saturated heterocycles. The lowest BCUT2D eigenvalue weighted by Gasteiger charge is -2.27. The van der Waals surface area contributed by atoms with Crippen LogP contribution in [-0.2, 0) is 4.74 Å². The van der Waals surface area contributed by atoms with Crippen LogP contribution in [0.15, 0.2) is 15.8 Å². The topological polar surface area (TPSA) is 131 Å². The fourth-order valence-corrected chi connectivity index (χ4v) is 2.44. The molecule has 1 aliphatic heterocycles. The molecule has 1 aromatic heterocycles. The first kappa shape index (κ1) is 16.7. The van der Waals surface area contributed by atoms with Crippen LogP contribution < -0.4 is 17.0 Å². The van der Waals surface area contributed by atoms with Gasteiger partial charge in [0.1, 0.15) is 12.2 Å². The number of rotatable bonds is 2. The number of aliphatic hydroxyl groups is 2. The van der Waals surface area contributed by atoms with Crippen molar-refractivity contribution in [2.75, 3.05) is 0 Å². The summed E-state index contributed by atoms with van der Waals surface area (Å²) < 4.78 is 19.4. The van der Waals surface area contributed by atoms with Gasteiger partial charge in [-0.05, 0) is 18.5 Å². The van der Waals surface area contributed by atoms with Gasteiger partial charge in [-0.1, -0.05) is 5.92 Å². The number of H-pyrrole nitrogens is 1. The number of halogens is 2. The van der Waals surface area contributed by atoms with Crippen molar-refractivity contribution in [3.05, 3.63) is 32.9 Å². The van der Waals surface area contributed by atoms with Crippen molar-refractivity contribution in [2.24, 2.45) is 5.73 Å². The van der Waals surface area contributed by atoms with Gasteiger partial charge in [-0.2, -0.15) is 4.39 Å². The Balaban J connectivity index is 2.61. The molecule has 2 rings (SSSR count). The van der Waals surface area contributed by atoms with Gasteiger partial charge >= 0.3 is 5.69 Å². The molecular formula is C12H13ClFN3O5. The number of nitrogens with one attached hydrogen (secondary N) is 1. The highest BCUT2D eigenvalue weighted by molar-refractivity contribution is 6.30. The molecule has 1 fully saturated rings. The van der Waals surface area contributed by atoms with Crippen LogP contribution in [0.4, 0.5) is 4.39 Å². The number of hydrogen-bond donors (Lipinski definition) is 4. The molecule has 5 atom stereocenters. The third-order valence-corrected chi connectivity index (χ3v) is 3.51. The van der Waals surface area contributed by atoms with Crippen molar-refractivity contribution in [1.82, 2.24) is 9.55 Å². The molecule has 0 amide bonds. The van der Waals surface area contributed by atoms with Gasteiger partial charge in [0.15, 0.2) is 11.8 Å². The number of aromatic amines is 1. The van der Waals surface area contributed by atoms with E-state index in [0.717, 1.165) is 0 Å². The van der Waals surface area contributed by atoms with E-state index in [4.69, 9.17) is 22.1 Å². The normalized spacial score (nSPS) is 32.4. The fraction of sp³-hybridized carbons (Fsp3) is 0.500. The molecule has 0 radical (unpaired) electrons. The van der Waals surface area contributed by atoms with Crippen LogP contribution in [0.3, 0.4) is 0 Å². The zero-order valence-corrected chi connectivity index (χ0v) is 12.0. The lowest BCUT2D eigenvalue weighted by atomic mass is 9.90. The maximum Gasteiger partial charge on any atom is 0.330 e. The molecule has 1 aromatic rings. The Morgan fingerprint density at radius 2 is 2.27 bits per heavy atom. The summed E-state index contributed by atoms with van der Waals surface area (Å²) in [6.45, 7) is 1.33. The Labute approximate surface area is 128 Å². The van der Waals surface area contributed by atoms with E-state index in [1.807, 2.05) is 5.38 Å². The molecule has 5 N–H and O–H groups in total. The molecule has 2 heterocycles. The smallest absolute Gasteiger partial charge is 0.330 e. The second kappa shape index (κ2) is 5.83. The SMILES string of the molecule is C[C@H](O)[C@H]1O[C@@H](n2cc(F)c(=O)[nH]c2=O)[C@](N)(C#CCl)[C@H]1O. The molecule has 0 bridgehead atoms. The van der Waals surface area contributed by atoms with Gasteiger partial charge in [0.25, 0.3) is 5.56 Å². The van der Waals surface area contributed by atoms with E-state index in [1.54, 1.807) is 4.98 Å². The van der Waals surface area contributed by atoms with Crippen LogP contribution in [0.5, 0.6) is 0 Å². The Morgan fingerprint density at radius 3 is 2.82 bits per heavy atom. The number of aromatic nitrogens is 2. The average Bonchev–Trinajstić information content (AvgIpc) is 2.68. The second-order valence-electron chi connectivity index (χ2n) is 4.93. The van der Waals surface area contributed by atoms with Crippen molar-refractivity contribution >= 4 is 11.6 Å². The summed E-state index contributed by atoms with van der Waals surface area (Å²) in [5.41, 5.74) is 1.84. The fourth-order valence-electron chi connectivity index (χ4n) is 2.28. The minimum Gasteiger partial charge on any atom is -0.391 e. The summed E-state index contributed by atoms with van der Waals surface area (Å²) in [5.74, 6) is 1.05. The Kier molecular flexibility index (Phi) is 4.42. The van der Waals surface area contributed by atoms with E-state index in [0.29, 0.717) is 10.8 Å². The molecule has 0 saturated carbocycles. The minimum atomic E-state index is -1.89. The lowest BCUT2D eigenvalue weighted by molar-refractivity contribution is -0.0781. The predicted octanol–water partition coefficient (Wildman–Crippen LogP) is -1.79. The first-order valence-electron chi connectivity index (χ1n) is 6.16. The molecule has 0 unspecified atom stereocenters. The van der Waals surface area contributed by atoms with E-state index in [1.165, 1.54) is 6.92 Å². The van der Waals surface area contributed by atoms with Crippen LogP contribution in [0.2, 0.25) is 0 Å². The molecule has 10 heteroatoms. The van der Waals surface area contributed by atoms with Gasteiger partial charge < -0.3 is 20.7 Å². The van der Waals surface area contributed by atoms with Crippen LogP contribution in [-0.4, -0.2) is 43.6 Å². The summed E-state index contributed by atoms with van der Waals surface area (Å²) >= 11 is 5.32. The molecule has 120 valence electrons. The molecule has 0 spiro atoms. The summed E-state index contributed by atoms with van der Waals surface area (Å²) in [4.78, 5) is 24.6. The molecule has 1 aliphatic rings. The van der Waals surface area contributed by atoms with Crippen LogP contribution in [0.1, 0.15) is 13.2 Å². The van der Waals surface area contributed by atoms with Crippen LogP contribution in [0, 0.1) is 17.1 Å². The van der Waals surface area contributed by atoms with Gasteiger partial charge in [0.05, 0.1) is 12.3 Å². The monoisotopic (exact) mass is 333 g/mol. The van der Waals surface area contributed by atoms with Crippen molar-refractivity contribution in [1.29, 1.82) is 0 Å². The standard InChI is InChI=1S/C12H13ClFN3O5/c1-5(18)7-8(19)12(15,2-3-13)10(22-7)17-4-6(14)9(20)16-11(17)21/h4-5,7-8,10,18-19H,15H2,1H3,(H,16,20,21)/t5-,7+,8-,10+,12-/m0/s1. The molecule has 8 nitrogen and oxygen atoms in total. The van der Waals surface area contributed by atoms with Gasteiger partial charge in [-0.25, -0.2) is 4.79 Å².